The van der Waals surface area contributed by atoms with Crippen LogP contribution in [0.25, 0.3) is 5.65 Å². The Balaban J connectivity index is 1.83. The van der Waals surface area contributed by atoms with Crippen molar-refractivity contribution in [2.24, 2.45) is 0 Å². The molecule has 0 spiro atoms. The van der Waals surface area contributed by atoms with Gasteiger partial charge in [-0.2, -0.15) is 5.10 Å². The molecule has 3 rings (SSSR count). The van der Waals surface area contributed by atoms with Crippen LogP contribution in [0.2, 0.25) is 0 Å². The molecule has 0 amide bonds. The molecular weight excluding hydrogens is 246 g/mol. The average molecular weight is 263 g/mol. The highest BCUT2D eigenvalue weighted by Gasteiger charge is 2.29. The predicted molar refractivity (Wildman–Crippen MR) is 70.4 cm³/mol. The Morgan fingerprint density at radius 2 is 2.47 bits per heavy atom. The molecule has 19 heavy (non-hydrogen) atoms. The van der Waals surface area contributed by atoms with Crippen molar-refractivity contribution in [2.45, 2.75) is 32.3 Å². The van der Waals surface area contributed by atoms with Gasteiger partial charge < -0.3 is 10.1 Å². The number of fused-ring (bicyclic) bond motifs is 1. The van der Waals surface area contributed by atoms with E-state index in [0.29, 0.717) is 23.8 Å². The standard InChI is InChI=1S/C12H17N5O2/c1-8-14-9(6-10-15-16-11(18)17(8)10)13-7-12(2)4-3-5-19-12/h6,13H,3-5,7H2,1-2H3,(H,16,18). The lowest BCUT2D eigenvalue weighted by Gasteiger charge is -2.23. The smallest absolute Gasteiger partial charge is 0.349 e. The number of nitrogens with zero attached hydrogens (tertiary/aromatic N) is 3. The quantitative estimate of drug-likeness (QED) is 0.852. The van der Waals surface area contributed by atoms with E-state index in [9.17, 15) is 4.79 Å². The summed E-state index contributed by atoms with van der Waals surface area (Å²) in [6, 6.07) is 1.75. The fourth-order valence-corrected chi connectivity index (χ4v) is 2.44. The molecule has 1 saturated heterocycles. The lowest BCUT2D eigenvalue weighted by Crippen LogP contribution is -2.32. The summed E-state index contributed by atoms with van der Waals surface area (Å²) < 4.78 is 7.16. The summed E-state index contributed by atoms with van der Waals surface area (Å²) in [4.78, 5) is 15.9. The van der Waals surface area contributed by atoms with Crippen LogP contribution in [0.4, 0.5) is 5.82 Å². The molecule has 2 aromatic heterocycles. The van der Waals surface area contributed by atoms with Crippen LogP contribution in [0.5, 0.6) is 0 Å². The first-order valence-electron chi connectivity index (χ1n) is 6.40. The first-order chi connectivity index (χ1) is 9.07. The number of aromatic amines is 1. The minimum absolute atomic E-state index is 0.132. The Kier molecular flexibility index (Phi) is 2.78. The van der Waals surface area contributed by atoms with Gasteiger partial charge in [0.25, 0.3) is 0 Å². The van der Waals surface area contributed by atoms with Gasteiger partial charge in [-0.25, -0.2) is 19.3 Å². The molecule has 0 aliphatic carbocycles. The van der Waals surface area contributed by atoms with Gasteiger partial charge in [-0.15, -0.1) is 0 Å². The highest BCUT2D eigenvalue weighted by Crippen LogP contribution is 2.25. The second-order valence-corrected chi connectivity index (χ2v) is 5.17. The summed E-state index contributed by atoms with van der Waals surface area (Å²) >= 11 is 0. The van der Waals surface area contributed by atoms with Gasteiger partial charge in [0, 0.05) is 19.2 Å². The number of nitrogens with one attached hydrogen (secondary N) is 2. The fourth-order valence-electron chi connectivity index (χ4n) is 2.44. The van der Waals surface area contributed by atoms with Crippen LogP contribution in [0.3, 0.4) is 0 Å². The topological polar surface area (TPSA) is 84.3 Å². The summed E-state index contributed by atoms with van der Waals surface area (Å²) in [5.74, 6) is 1.32. The van der Waals surface area contributed by atoms with E-state index < -0.39 is 0 Å². The lowest BCUT2D eigenvalue weighted by molar-refractivity contribution is 0.0314. The van der Waals surface area contributed by atoms with E-state index in [0.717, 1.165) is 19.4 Å². The SMILES string of the molecule is Cc1nc(NCC2(C)CCCO2)cc2n[nH]c(=O)n12. The number of hydrogen-bond acceptors (Lipinski definition) is 5. The number of H-pyrrole nitrogens is 1. The minimum atomic E-state index is -0.266. The second kappa shape index (κ2) is 4.34. The largest absolute Gasteiger partial charge is 0.373 e. The highest BCUT2D eigenvalue weighted by molar-refractivity contribution is 5.49. The third-order valence-electron chi connectivity index (χ3n) is 3.51. The second-order valence-electron chi connectivity index (χ2n) is 5.17. The molecule has 0 aromatic carbocycles. The molecule has 3 heterocycles. The van der Waals surface area contributed by atoms with Crippen molar-refractivity contribution in [3.05, 3.63) is 22.4 Å². The van der Waals surface area contributed by atoms with Crippen molar-refractivity contribution in [2.75, 3.05) is 18.5 Å². The molecule has 7 heteroatoms. The summed E-state index contributed by atoms with van der Waals surface area (Å²) in [6.45, 7) is 5.39. The zero-order valence-electron chi connectivity index (χ0n) is 11.1. The average Bonchev–Trinajstić information content (AvgIpc) is 2.95. The third kappa shape index (κ3) is 2.21. The Hall–Kier alpha value is -1.89. The fraction of sp³-hybridized carbons (Fsp3) is 0.583. The van der Waals surface area contributed by atoms with Crippen LogP contribution in [0.15, 0.2) is 10.9 Å². The van der Waals surface area contributed by atoms with Gasteiger partial charge in [-0.05, 0) is 26.7 Å². The normalized spacial score (nSPS) is 23.1. The van der Waals surface area contributed by atoms with E-state index in [1.807, 2.05) is 0 Å². The molecule has 2 aromatic rings. The number of ether oxygens (including phenoxy) is 1. The molecule has 1 unspecified atom stereocenters. The summed E-state index contributed by atoms with van der Waals surface area (Å²) in [6.07, 6.45) is 2.14. The summed E-state index contributed by atoms with van der Waals surface area (Å²) in [5, 5.41) is 9.63. The lowest BCUT2D eigenvalue weighted by atomic mass is 10.0. The van der Waals surface area contributed by atoms with Crippen molar-refractivity contribution >= 4 is 11.5 Å². The third-order valence-corrected chi connectivity index (χ3v) is 3.51. The molecule has 1 aliphatic heterocycles. The Bertz CT molecular complexity index is 654. The van der Waals surface area contributed by atoms with Crippen molar-refractivity contribution < 1.29 is 4.74 Å². The van der Waals surface area contributed by atoms with E-state index in [-0.39, 0.29) is 11.3 Å². The van der Waals surface area contributed by atoms with Gasteiger partial charge >= 0.3 is 5.69 Å². The maximum atomic E-state index is 11.5. The maximum Gasteiger partial charge on any atom is 0.349 e. The summed E-state index contributed by atoms with van der Waals surface area (Å²) in [7, 11) is 0. The van der Waals surface area contributed by atoms with Gasteiger partial charge in [0.2, 0.25) is 0 Å². The van der Waals surface area contributed by atoms with Crippen molar-refractivity contribution in [3.63, 3.8) is 0 Å². The maximum absolute atomic E-state index is 11.5. The van der Waals surface area contributed by atoms with Crippen LogP contribution >= 0.6 is 0 Å². The van der Waals surface area contributed by atoms with E-state index in [1.54, 1.807) is 13.0 Å². The molecule has 1 atom stereocenters. The van der Waals surface area contributed by atoms with E-state index in [1.165, 1.54) is 4.40 Å². The van der Waals surface area contributed by atoms with Gasteiger partial charge in [0.15, 0.2) is 5.65 Å². The Morgan fingerprint density at radius 1 is 1.63 bits per heavy atom. The molecule has 102 valence electrons. The predicted octanol–water partition coefficient (Wildman–Crippen LogP) is 0.707. The first-order valence-corrected chi connectivity index (χ1v) is 6.40. The molecule has 7 nitrogen and oxygen atoms in total. The van der Waals surface area contributed by atoms with Gasteiger partial charge in [0.1, 0.15) is 11.6 Å². The van der Waals surface area contributed by atoms with Crippen molar-refractivity contribution in [1.82, 2.24) is 19.6 Å². The minimum Gasteiger partial charge on any atom is -0.373 e. The van der Waals surface area contributed by atoms with Gasteiger partial charge in [0.05, 0.1) is 5.60 Å². The van der Waals surface area contributed by atoms with Crippen LogP contribution in [0, 0.1) is 6.92 Å². The summed E-state index contributed by atoms with van der Waals surface area (Å²) in [5.41, 5.74) is 0.169. The van der Waals surface area contributed by atoms with E-state index >= 15 is 0 Å². The van der Waals surface area contributed by atoms with E-state index in [2.05, 4.69) is 27.4 Å². The van der Waals surface area contributed by atoms with Crippen LogP contribution in [-0.2, 0) is 4.74 Å². The van der Waals surface area contributed by atoms with Crippen molar-refractivity contribution in [1.29, 1.82) is 0 Å². The molecule has 2 N–H and O–H groups in total. The molecule has 1 fully saturated rings. The van der Waals surface area contributed by atoms with Gasteiger partial charge in [-0.1, -0.05) is 0 Å². The number of aromatic nitrogens is 4. The number of anilines is 1. The number of hydrogen-bond donors (Lipinski definition) is 2. The Labute approximate surface area is 110 Å². The monoisotopic (exact) mass is 263 g/mol. The first kappa shape index (κ1) is 12.2. The number of aryl methyl sites for hydroxylation is 1. The molecule has 0 saturated carbocycles. The van der Waals surface area contributed by atoms with Crippen LogP contribution < -0.4 is 11.0 Å². The van der Waals surface area contributed by atoms with E-state index in [4.69, 9.17) is 4.74 Å². The molecule has 1 aliphatic rings. The number of rotatable bonds is 3. The Morgan fingerprint density at radius 3 is 3.21 bits per heavy atom. The molecular formula is C12H17N5O2. The van der Waals surface area contributed by atoms with Crippen molar-refractivity contribution in [3.8, 4) is 0 Å². The van der Waals surface area contributed by atoms with Crippen LogP contribution in [0.1, 0.15) is 25.6 Å². The zero-order valence-corrected chi connectivity index (χ0v) is 11.1. The molecule has 0 radical (unpaired) electrons. The molecule has 0 bridgehead atoms. The van der Waals surface area contributed by atoms with Gasteiger partial charge in [-0.3, -0.25) is 0 Å². The van der Waals surface area contributed by atoms with Crippen LogP contribution in [-0.4, -0.2) is 38.3 Å². The highest BCUT2D eigenvalue weighted by atomic mass is 16.5. The zero-order chi connectivity index (χ0) is 13.5.